The Morgan fingerprint density at radius 3 is 2.40 bits per heavy atom. The lowest BCUT2D eigenvalue weighted by Gasteiger charge is -2.11. The molecule has 1 N–H and O–H groups in total. The van der Waals surface area contributed by atoms with Crippen LogP contribution in [-0.4, -0.2) is 12.0 Å². The number of alkyl halides is 3. The minimum atomic E-state index is -4.42. The second-order valence-electron chi connectivity index (χ2n) is 3.98. The number of pyridine rings is 1. The molecule has 0 aliphatic rings. The monoisotopic (exact) mass is 320 g/mol. The van der Waals surface area contributed by atoms with E-state index >= 15 is 0 Å². The van der Waals surface area contributed by atoms with E-state index in [4.69, 9.17) is 23.2 Å². The highest BCUT2D eigenvalue weighted by Crippen LogP contribution is 2.35. The molecule has 0 bridgehead atoms. The molecule has 0 fully saturated rings. The number of aromatic nitrogens is 1. The van der Waals surface area contributed by atoms with Gasteiger partial charge in [-0.05, 0) is 18.2 Å². The summed E-state index contributed by atoms with van der Waals surface area (Å²) in [4.78, 5) is 4.14. The first-order valence-electron chi connectivity index (χ1n) is 5.54. The van der Waals surface area contributed by atoms with Crippen molar-refractivity contribution in [2.45, 2.75) is 6.18 Å². The van der Waals surface area contributed by atoms with E-state index in [-0.39, 0.29) is 16.3 Å². The van der Waals surface area contributed by atoms with Crippen molar-refractivity contribution in [3.05, 3.63) is 45.9 Å². The van der Waals surface area contributed by atoms with Gasteiger partial charge in [-0.15, -0.1) is 0 Å². The van der Waals surface area contributed by atoms with Gasteiger partial charge in [-0.3, -0.25) is 0 Å². The molecule has 2 aromatic rings. The molecule has 0 spiro atoms. The summed E-state index contributed by atoms with van der Waals surface area (Å²) in [7, 11) is 1.61. The van der Waals surface area contributed by atoms with E-state index in [1.165, 1.54) is 18.2 Å². The molecule has 1 heterocycles. The Morgan fingerprint density at radius 2 is 1.80 bits per heavy atom. The lowest BCUT2D eigenvalue weighted by molar-refractivity contribution is -0.137. The number of rotatable bonds is 2. The summed E-state index contributed by atoms with van der Waals surface area (Å²) >= 11 is 11.9. The maximum Gasteiger partial charge on any atom is 0.416 e. The molecule has 2 rings (SSSR count). The molecule has 1 aromatic carbocycles. The Balaban J connectivity index is 2.57. The normalized spacial score (nSPS) is 11.5. The molecule has 0 saturated heterocycles. The maximum atomic E-state index is 12.7. The summed E-state index contributed by atoms with van der Waals surface area (Å²) in [5.74, 6) is 0.350. The Hall–Kier alpha value is -1.46. The molecule has 0 amide bonds. The second-order valence-corrected chi connectivity index (χ2v) is 4.79. The summed E-state index contributed by atoms with van der Waals surface area (Å²) in [5.41, 5.74) is -0.238. The predicted molar refractivity (Wildman–Crippen MR) is 74.2 cm³/mol. The largest absolute Gasteiger partial charge is 0.416 e. The van der Waals surface area contributed by atoms with E-state index in [1.807, 2.05) is 0 Å². The van der Waals surface area contributed by atoms with Crippen LogP contribution in [0.1, 0.15) is 5.56 Å². The van der Waals surface area contributed by atoms with E-state index in [9.17, 15) is 13.2 Å². The highest BCUT2D eigenvalue weighted by molar-refractivity contribution is 6.37. The van der Waals surface area contributed by atoms with Gasteiger partial charge in [0.1, 0.15) is 5.82 Å². The highest BCUT2D eigenvalue weighted by atomic mass is 35.5. The molecule has 0 saturated carbocycles. The molecule has 0 unspecified atom stereocenters. The molecule has 0 aliphatic carbocycles. The van der Waals surface area contributed by atoms with Gasteiger partial charge >= 0.3 is 6.18 Å². The molecular weight excluding hydrogens is 312 g/mol. The van der Waals surface area contributed by atoms with Gasteiger partial charge in [-0.25, -0.2) is 4.98 Å². The van der Waals surface area contributed by atoms with Crippen LogP contribution >= 0.6 is 23.2 Å². The first kappa shape index (κ1) is 14.9. The van der Waals surface area contributed by atoms with Crippen molar-refractivity contribution in [1.82, 2.24) is 4.98 Å². The number of nitrogens with zero attached hydrogens (tertiary/aromatic N) is 1. The molecule has 0 aliphatic heterocycles. The van der Waals surface area contributed by atoms with Crippen molar-refractivity contribution in [3.8, 4) is 11.3 Å². The van der Waals surface area contributed by atoms with Crippen LogP contribution in [0.3, 0.4) is 0 Å². The fourth-order valence-corrected chi connectivity index (χ4v) is 2.25. The van der Waals surface area contributed by atoms with Gasteiger partial charge in [-0.1, -0.05) is 35.3 Å². The van der Waals surface area contributed by atoms with Gasteiger partial charge in [0.15, 0.2) is 0 Å². The standard InChI is InChI=1S/C13H9Cl2F3N2/c1-19-12-10(15)6-9(14)11(20-12)7-3-2-4-8(5-7)13(16,17)18/h2-6H,1H3,(H,19,20). The molecule has 2 nitrogen and oxygen atoms in total. The molecule has 1 aromatic heterocycles. The molecule has 106 valence electrons. The zero-order chi connectivity index (χ0) is 14.9. The van der Waals surface area contributed by atoms with E-state index in [1.54, 1.807) is 7.05 Å². The third-order valence-electron chi connectivity index (χ3n) is 2.63. The van der Waals surface area contributed by atoms with Crippen LogP contribution in [0, 0.1) is 0 Å². The summed E-state index contributed by atoms with van der Waals surface area (Å²) in [6.07, 6.45) is -4.42. The Bertz CT molecular complexity index is 642. The van der Waals surface area contributed by atoms with Crippen molar-refractivity contribution in [2.75, 3.05) is 12.4 Å². The number of halogens is 5. The van der Waals surface area contributed by atoms with Crippen molar-refractivity contribution >= 4 is 29.0 Å². The first-order chi connectivity index (χ1) is 9.32. The molecule has 7 heteroatoms. The van der Waals surface area contributed by atoms with Crippen LogP contribution in [0.5, 0.6) is 0 Å². The smallest absolute Gasteiger partial charge is 0.372 e. The van der Waals surface area contributed by atoms with Crippen LogP contribution < -0.4 is 5.32 Å². The highest BCUT2D eigenvalue weighted by Gasteiger charge is 2.30. The van der Waals surface area contributed by atoms with Crippen LogP contribution in [0.4, 0.5) is 19.0 Å². The van der Waals surface area contributed by atoms with Crippen molar-refractivity contribution in [2.24, 2.45) is 0 Å². The van der Waals surface area contributed by atoms with E-state index < -0.39 is 11.7 Å². The number of hydrogen-bond acceptors (Lipinski definition) is 2. The first-order valence-corrected chi connectivity index (χ1v) is 6.30. The molecule has 20 heavy (non-hydrogen) atoms. The molecule has 0 atom stereocenters. The van der Waals surface area contributed by atoms with Crippen LogP contribution in [0.25, 0.3) is 11.3 Å². The molecular formula is C13H9Cl2F3N2. The number of hydrogen-bond donors (Lipinski definition) is 1. The fraction of sp³-hybridized carbons (Fsp3) is 0.154. The van der Waals surface area contributed by atoms with Gasteiger partial charge in [0.25, 0.3) is 0 Å². The minimum Gasteiger partial charge on any atom is -0.372 e. The van der Waals surface area contributed by atoms with E-state index in [2.05, 4.69) is 10.3 Å². The SMILES string of the molecule is CNc1nc(-c2cccc(C(F)(F)F)c2)c(Cl)cc1Cl. The zero-order valence-corrected chi connectivity index (χ0v) is 11.7. The van der Waals surface area contributed by atoms with Crippen molar-refractivity contribution in [3.63, 3.8) is 0 Å². The van der Waals surface area contributed by atoms with Crippen molar-refractivity contribution in [1.29, 1.82) is 0 Å². The van der Waals surface area contributed by atoms with Crippen LogP contribution in [0.15, 0.2) is 30.3 Å². The Kier molecular flexibility index (Phi) is 4.11. The van der Waals surface area contributed by atoms with Gasteiger partial charge < -0.3 is 5.32 Å². The van der Waals surface area contributed by atoms with Crippen LogP contribution in [0.2, 0.25) is 10.0 Å². The average molecular weight is 321 g/mol. The summed E-state index contributed by atoms with van der Waals surface area (Å²) in [6, 6.07) is 6.26. The topological polar surface area (TPSA) is 24.9 Å². The lowest BCUT2D eigenvalue weighted by atomic mass is 10.1. The summed E-state index contributed by atoms with van der Waals surface area (Å²) in [6.45, 7) is 0. The van der Waals surface area contributed by atoms with Gasteiger partial charge in [0, 0.05) is 12.6 Å². The second kappa shape index (κ2) is 5.50. The minimum absolute atomic E-state index is 0.188. The maximum absolute atomic E-state index is 12.7. The van der Waals surface area contributed by atoms with Gasteiger partial charge in [-0.2, -0.15) is 13.2 Å². The average Bonchev–Trinajstić information content (AvgIpc) is 2.38. The Morgan fingerprint density at radius 1 is 1.10 bits per heavy atom. The van der Waals surface area contributed by atoms with Gasteiger partial charge in [0.2, 0.25) is 0 Å². The van der Waals surface area contributed by atoms with E-state index in [0.29, 0.717) is 10.8 Å². The Labute approximate surface area is 123 Å². The lowest BCUT2D eigenvalue weighted by Crippen LogP contribution is -2.05. The summed E-state index contributed by atoms with van der Waals surface area (Å²) < 4.78 is 38.1. The quantitative estimate of drug-likeness (QED) is 0.831. The van der Waals surface area contributed by atoms with Crippen LogP contribution in [-0.2, 0) is 6.18 Å². The third-order valence-corrected chi connectivity index (χ3v) is 3.21. The summed E-state index contributed by atoms with van der Waals surface area (Å²) in [5, 5.41) is 3.24. The number of benzene rings is 1. The fourth-order valence-electron chi connectivity index (χ4n) is 1.69. The van der Waals surface area contributed by atoms with E-state index in [0.717, 1.165) is 12.1 Å². The van der Waals surface area contributed by atoms with Gasteiger partial charge in [0.05, 0.1) is 21.3 Å². The zero-order valence-electron chi connectivity index (χ0n) is 10.2. The predicted octanol–water partition coefficient (Wildman–Crippen LogP) is 5.12. The number of anilines is 1. The molecule has 0 radical (unpaired) electrons. The number of nitrogens with one attached hydrogen (secondary N) is 1. The van der Waals surface area contributed by atoms with Crippen molar-refractivity contribution < 1.29 is 13.2 Å². The third kappa shape index (κ3) is 2.99.